The molecule has 1 saturated heterocycles. The summed E-state index contributed by atoms with van der Waals surface area (Å²) in [5, 5.41) is 0.531. The lowest BCUT2D eigenvalue weighted by Crippen LogP contribution is -2.49. The van der Waals surface area contributed by atoms with E-state index < -0.39 is 10.1 Å². The minimum Gasteiger partial charge on any atom is -0.382 e. The average molecular weight is 409 g/mol. The van der Waals surface area contributed by atoms with Crippen LogP contribution in [-0.4, -0.2) is 62.6 Å². The van der Waals surface area contributed by atoms with Gasteiger partial charge >= 0.3 is 10.1 Å². The topological polar surface area (TPSA) is 66.9 Å². The number of halogens is 1. The first-order valence-corrected chi connectivity index (χ1v) is 10.6. The Balaban J connectivity index is 1.47. The molecule has 2 aromatic carbocycles. The number of hydrogen-bond acceptors (Lipinski definition) is 5. The van der Waals surface area contributed by atoms with E-state index in [2.05, 4.69) is 0 Å². The van der Waals surface area contributed by atoms with E-state index >= 15 is 0 Å². The molecule has 0 radical (unpaired) electrons. The molecule has 0 aromatic heterocycles. The molecule has 0 saturated carbocycles. The van der Waals surface area contributed by atoms with Crippen LogP contribution in [0.1, 0.15) is 10.4 Å². The molecule has 6 nitrogen and oxygen atoms in total. The van der Waals surface area contributed by atoms with Crippen molar-refractivity contribution < 1.29 is 17.4 Å². The second-order valence-corrected chi connectivity index (χ2v) is 8.43. The van der Waals surface area contributed by atoms with Crippen molar-refractivity contribution in [1.82, 2.24) is 9.80 Å². The number of piperazine rings is 1. The van der Waals surface area contributed by atoms with Crippen LogP contribution in [0.25, 0.3) is 0 Å². The average Bonchev–Trinajstić information content (AvgIpc) is 2.67. The number of carbonyl (C=O) groups is 1. The zero-order valence-corrected chi connectivity index (χ0v) is 16.3. The van der Waals surface area contributed by atoms with E-state index in [4.69, 9.17) is 15.8 Å². The Morgan fingerprint density at radius 2 is 1.70 bits per heavy atom. The van der Waals surface area contributed by atoms with Crippen molar-refractivity contribution in [2.45, 2.75) is 0 Å². The number of carbonyl (C=O) groups excluding carboxylic acids is 1. The summed E-state index contributed by atoms with van der Waals surface area (Å²) in [6.45, 7) is 2.70. The van der Waals surface area contributed by atoms with Gasteiger partial charge in [0, 0.05) is 43.3 Å². The van der Waals surface area contributed by atoms with Gasteiger partial charge in [0.15, 0.2) is 0 Å². The van der Waals surface area contributed by atoms with Crippen LogP contribution in [0.5, 0.6) is 5.75 Å². The minimum absolute atomic E-state index is 0.0582. The van der Waals surface area contributed by atoms with Crippen LogP contribution in [0.3, 0.4) is 0 Å². The van der Waals surface area contributed by atoms with E-state index in [1.165, 1.54) is 0 Å². The van der Waals surface area contributed by atoms with Gasteiger partial charge in [-0.2, -0.15) is 8.42 Å². The maximum Gasteiger partial charge on any atom is 0.310 e. The highest BCUT2D eigenvalue weighted by atomic mass is 35.5. The predicted molar refractivity (Wildman–Crippen MR) is 105 cm³/mol. The molecule has 2 aromatic rings. The number of amides is 1. The number of benzene rings is 2. The molecule has 1 aliphatic rings. The van der Waals surface area contributed by atoms with Crippen molar-refractivity contribution in [2.24, 2.45) is 0 Å². The monoisotopic (exact) mass is 408 g/mol. The van der Waals surface area contributed by atoms with Crippen molar-refractivity contribution in [3.63, 3.8) is 0 Å². The maximum absolute atomic E-state index is 12.5. The molecule has 0 atom stereocenters. The van der Waals surface area contributed by atoms with Gasteiger partial charge < -0.3 is 9.08 Å². The number of rotatable bonds is 6. The largest absolute Gasteiger partial charge is 0.382 e. The molecule has 1 aliphatic heterocycles. The molecule has 1 fully saturated rings. The van der Waals surface area contributed by atoms with Crippen molar-refractivity contribution in [2.75, 3.05) is 38.5 Å². The Labute approximate surface area is 164 Å². The Morgan fingerprint density at radius 3 is 2.37 bits per heavy atom. The molecule has 1 heterocycles. The predicted octanol–water partition coefficient (Wildman–Crippen LogP) is 2.51. The third-order valence-corrected chi connectivity index (χ3v) is 5.72. The second kappa shape index (κ2) is 8.73. The molecule has 3 rings (SSSR count). The zero-order chi connectivity index (χ0) is 19.3. The fourth-order valence-electron chi connectivity index (χ4n) is 2.88. The van der Waals surface area contributed by atoms with E-state index in [0.717, 1.165) is 0 Å². The summed E-state index contributed by atoms with van der Waals surface area (Å²) in [7, 11) is -3.65. The Morgan fingerprint density at radius 1 is 1.00 bits per heavy atom. The van der Waals surface area contributed by atoms with Gasteiger partial charge in [-0.05, 0) is 30.3 Å². The molecule has 144 valence electrons. The van der Waals surface area contributed by atoms with Crippen molar-refractivity contribution in [3.05, 3.63) is 65.2 Å². The summed E-state index contributed by atoms with van der Waals surface area (Å²) in [4.78, 5) is 16.3. The summed E-state index contributed by atoms with van der Waals surface area (Å²) in [6.07, 6.45) is 0. The molecular formula is C19H21ClN2O4S. The van der Waals surface area contributed by atoms with Gasteiger partial charge in [-0.3, -0.25) is 9.69 Å². The summed E-state index contributed by atoms with van der Waals surface area (Å²) in [5.41, 5.74) is 0.565. The number of nitrogens with zero attached hydrogens (tertiary/aromatic N) is 2. The molecule has 0 N–H and O–H groups in total. The summed E-state index contributed by atoms with van der Waals surface area (Å²) < 4.78 is 29.3. The molecule has 1 amide bonds. The summed E-state index contributed by atoms with van der Waals surface area (Å²) in [5.74, 6) is 0.163. The van der Waals surface area contributed by atoms with Gasteiger partial charge in [-0.25, -0.2) is 0 Å². The van der Waals surface area contributed by atoms with Gasteiger partial charge in [0.05, 0.1) is 5.75 Å². The van der Waals surface area contributed by atoms with Crippen molar-refractivity contribution >= 4 is 27.6 Å². The second-order valence-electron chi connectivity index (χ2n) is 6.30. The first kappa shape index (κ1) is 19.7. The standard InChI is InChI=1S/C19H21ClN2O4S/c20-17-6-4-5-16(15-17)19(23)22-11-9-21(10-12-22)13-14-27(24,25)26-18-7-2-1-3-8-18/h1-8,15H,9-14H2. The van der Waals surface area contributed by atoms with Gasteiger partial charge in [-0.1, -0.05) is 35.9 Å². The molecule has 0 aliphatic carbocycles. The number of hydrogen-bond donors (Lipinski definition) is 0. The van der Waals surface area contributed by atoms with Crippen LogP contribution in [0.2, 0.25) is 5.02 Å². The van der Waals surface area contributed by atoms with Crippen molar-refractivity contribution in [3.8, 4) is 5.75 Å². The maximum atomic E-state index is 12.5. The third-order valence-electron chi connectivity index (χ3n) is 4.35. The van der Waals surface area contributed by atoms with Crippen LogP contribution >= 0.6 is 11.6 Å². The molecular weight excluding hydrogens is 388 g/mol. The smallest absolute Gasteiger partial charge is 0.310 e. The Hall–Kier alpha value is -2.09. The molecule has 0 bridgehead atoms. The van der Waals surface area contributed by atoms with Crippen LogP contribution in [0.15, 0.2) is 54.6 Å². The van der Waals surface area contributed by atoms with E-state index in [1.807, 2.05) is 4.90 Å². The first-order chi connectivity index (χ1) is 12.9. The van der Waals surface area contributed by atoms with Crippen LogP contribution in [-0.2, 0) is 10.1 Å². The lowest BCUT2D eigenvalue weighted by atomic mass is 10.2. The van der Waals surface area contributed by atoms with Crippen LogP contribution in [0.4, 0.5) is 0 Å². The summed E-state index contributed by atoms with van der Waals surface area (Å²) >= 11 is 5.95. The van der Waals surface area contributed by atoms with Crippen LogP contribution < -0.4 is 4.18 Å². The SMILES string of the molecule is O=C(c1cccc(Cl)c1)N1CCN(CCS(=O)(=O)Oc2ccccc2)CC1. The Kier molecular flexibility index (Phi) is 6.36. The lowest BCUT2D eigenvalue weighted by molar-refractivity contribution is 0.0643. The summed E-state index contributed by atoms with van der Waals surface area (Å²) in [6, 6.07) is 15.3. The molecule has 8 heteroatoms. The highest BCUT2D eigenvalue weighted by Crippen LogP contribution is 2.15. The van der Waals surface area contributed by atoms with Crippen LogP contribution in [0, 0.1) is 0 Å². The fourth-order valence-corrected chi connectivity index (χ4v) is 4.04. The molecule has 0 unspecified atom stereocenters. The number of para-hydroxylation sites is 1. The first-order valence-electron chi connectivity index (χ1n) is 8.67. The highest BCUT2D eigenvalue weighted by Gasteiger charge is 2.23. The minimum atomic E-state index is -3.65. The van der Waals surface area contributed by atoms with E-state index in [-0.39, 0.29) is 11.7 Å². The third kappa shape index (κ3) is 5.69. The quantitative estimate of drug-likeness (QED) is 0.687. The van der Waals surface area contributed by atoms with Gasteiger partial charge in [0.2, 0.25) is 0 Å². The lowest BCUT2D eigenvalue weighted by Gasteiger charge is -2.34. The van der Waals surface area contributed by atoms with E-state index in [0.29, 0.717) is 49.1 Å². The van der Waals surface area contributed by atoms with E-state index in [1.54, 1.807) is 59.5 Å². The highest BCUT2D eigenvalue weighted by molar-refractivity contribution is 7.87. The molecule has 27 heavy (non-hydrogen) atoms. The fraction of sp³-hybridized carbons (Fsp3) is 0.316. The Bertz CT molecular complexity index is 882. The van der Waals surface area contributed by atoms with Crippen molar-refractivity contribution in [1.29, 1.82) is 0 Å². The zero-order valence-electron chi connectivity index (χ0n) is 14.8. The molecule has 0 spiro atoms. The van der Waals surface area contributed by atoms with Gasteiger partial charge in [0.25, 0.3) is 5.91 Å². The van der Waals surface area contributed by atoms with Gasteiger partial charge in [-0.15, -0.1) is 0 Å². The normalized spacial score (nSPS) is 15.5. The van der Waals surface area contributed by atoms with Gasteiger partial charge in [0.1, 0.15) is 5.75 Å². The van der Waals surface area contributed by atoms with E-state index in [9.17, 15) is 13.2 Å².